The Kier molecular flexibility index (Phi) is 2.66. The highest BCUT2D eigenvalue weighted by atomic mass is 35.5. The van der Waals surface area contributed by atoms with Crippen molar-refractivity contribution in [3.8, 4) is 0 Å². The summed E-state index contributed by atoms with van der Waals surface area (Å²) >= 11 is 6.22. The van der Waals surface area contributed by atoms with Crippen LogP contribution in [0.3, 0.4) is 0 Å². The normalized spacial score (nSPS) is 31.9. The lowest BCUT2D eigenvalue weighted by molar-refractivity contribution is 0.599. The van der Waals surface area contributed by atoms with Gasteiger partial charge >= 0.3 is 0 Å². The fourth-order valence-electron chi connectivity index (χ4n) is 3.79. The fourth-order valence-corrected chi connectivity index (χ4v) is 4.02. The van der Waals surface area contributed by atoms with E-state index in [1.807, 2.05) is 0 Å². The van der Waals surface area contributed by atoms with Crippen LogP contribution in [0.25, 0.3) is 0 Å². The SMILES string of the molecule is ClC1=CC2=C(CC1)C1=C(C=CC3C=CC=CC13)CC2. The van der Waals surface area contributed by atoms with Crippen molar-refractivity contribution in [1.29, 1.82) is 0 Å². The van der Waals surface area contributed by atoms with Gasteiger partial charge < -0.3 is 0 Å². The van der Waals surface area contributed by atoms with E-state index in [4.69, 9.17) is 11.6 Å². The summed E-state index contributed by atoms with van der Waals surface area (Å²) in [5, 5.41) is 1.03. The molecule has 4 aliphatic rings. The highest BCUT2D eigenvalue weighted by molar-refractivity contribution is 6.29. The van der Waals surface area contributed by atoms with Gasteiger partial charge in [-0.15, -0.1) is 0 Å². The molecule has 0 saturated heterocycles. The molecular weight excluding hydrogens is 252 g/mol. The van der Waals surface area contributed by atoms with Crippen LogP contribution in [0.15, 0.2) is 69.9 Å². The molecule has 0 aromatic heterocycles. The maximum atomic E-state index is 6.22. The minimum atomic E-state index is 0.553. The van der Waals surface area contributed by atoms with E-state index in [0.717, 1.165) is 24.3 Å². The van der Waals surface area contributed by atoms with Crippen molar-refractivity contribution in [2.45, 2.75) is 25.7 Å². The van der Waals surface area contributed by atoms with Crippen LogP contribution in [0.1, 0.15) is 25.7 Å². The molecule has 19 heavy (non-hydrogen) atoms. The maximum absolute atomic E-state index is 6.22. The molecule has 0 radical (unpaired) electrons. The predicted molar refractivity (Wildman–Crippen MR) is 80.9 cm³/mol. The van der Waals surface area contributed by atoms with Crippen LogP contribution in [-0.2, 0) is 0 Å². The van der Waals surface area contributed by atoms with Crippen molar-refractivity contribution < 1.29 is 0 Å². The second-order valence-electron chi connectivity index (χ2n) is 5.77. The first-order chi connectivity index (χ1) is 9.33. The smallest absolute Gasteiger partial charge is 0.0187 e. The number of allylic oxidation sites excluding steroid dienone is 12. The molecule has 0 aromatic carbocycles. The first-order valence-corrected chi connectivity index (χ1v) is 7.55. The lowest BCUT2D eigenvalue weighted by atomic mass is 9.68. The zero-order chi connectivity index (χ0) is 12.8. The molecule has 4 rings (SSSR count). The Morgan fingerprint density at radius 2 is 1.74 bits per heavy atom. The topological polar surface area (TPSA) is 0 Å². The molecular formula is C18H17Cl. The maximum Gasteiger partial charge on any atom is 0.0187 e. The van der Waals surface area contributed by atoms with Gasteiger partial charge in [-0.1, -0.05) is 48.1 Å². The van der Waals surface area contributed by atoms with Gasteiger partial charge in [0.05, 0.1) is 0 Å². The minimum absolute atomic E-state index is 0.553. The van der Waals surface area contributed by atoms with Crippen LogP contribution in [-0.4, -0.2) is 0 Å². The Hall–Kier alpha value is -1.27. The molecule has 0 aliphatic heterocycles. The van der Waals surface area contributed by atoms with Crippen molar-refractivity contribution in [3.63, 3.8) is 0 Å². The van der Waals surface area contributed by atoms with E-state index in [1.165, 1.54) is 12.0 Å². The fraction of sp³-hybridized carbons (Fsp3) is 0.333. The summed E-state index contributed by atoms with van der Waals surface area (Å²) in [6.07, 6.45) is 20.5. The standard InChI is InChI=1S/C18H17Cl/c19-15-9-10-17-14(11-15)8-7-13-6-5-12-3-1-2-4-16(12)18(13)17/h1-6,11-12,16H,7-10H2. The largest absolute Gasteiger partial charge is 0.0891 e. The second-order valence-corrected chi connectivity index (χ2v) is 6.25. The van der Waals surface area contributed by atoms with Gasteiger partial charge in [0.1, 0.15) is 0 Å². The summed E-state index contributed by atoms with van der Waals surface area (Å²) in [6.45, 7) is 0. The molecule has 0 spiro atoms. The van der Waals surface area contributed by atoms with Crippen molar-refractivity contribution in [1.82, 2.24) is 0 Å². The number of fused-ring (bicyclic) bond motifs is 3. The molecule has 2 atom stereocenters. The minimum Gasteiger partial charge on any atom is -0.0891 e. The molecule has 4 aliphatic carbocycles. The van der Waals surface area contributed by atoms with E-state index < -0.39 is 0 Å². The molecule has 0 saturated carbocycles. The molecule has 0 N–H and O–H groups in total. The molecule has 0 amide bonds. The summed E-state index contributed by atoms with van der Waals surface area (Å²) < 4.78 is 0. The highest BCUT2D eigenvalue weighted by Crippen LogP contribution is 2.47. The van der Waals surface area contributed by atoms with Crippen molar-refractivity contribution in [3.05, 3.63) is 69.9 Å². The van der Waals surface area contributed by atoms with E-state index in [2.05, 4.69) is 42.5 Å². The molecule has 2 unspecified atom stereocenters. The van der Waals surface area contributed by atoms with E-state index in [0.29, 0.717) is 11.8 Å². The average Bonchev–Trinajstić information content (AvgIpc) is 2.46. The average molecular weight is 269 g/mol. The summed E-state index contributed by atoms with van der Waals surface area (Å²) in [5.74, 6) is 1.11. The van der Waals surface area contributed by atoms with Gasteiger partial charge in [0.25, 0.3) is 0 Å². The van der Waals surface area contributed by atoms with E-state index in [9.17, 15) is 0 Å². The van der Waals surface area contributed by atoms with Gasteiger partial charge in [-0.2, -0.15) is 0 Å². The van der Waals surface area contributed by atoms with Crippen LogP contribution in [0.2, 0.25) is 0 Å². The van der Waals surface area contributed by atoms with Crippen LogP contribution in [0, 0.1) is 11.8 Å². The highest BCUT2D eigenvalue weighted by Gasteiger charge is 2.32. The first kappa shape index (κ1) is 11.5. The van der Waals surface area contributed by atoms with Crippen molar-refractivity contribution in [2.75, 3.05) is 0 Å². The third kappa shape index (κ3) is 1.81. The van der Waals surface area contributed by atoms with Gasteiger partial charge in [-0.05, 0) is 54.1 Å². The van der Waals surface area contributed by atoms with Gasteiger partial charge in [0, 0.05) is 16.9 Å². The zero-order valence-electron chi connectivity index (χ0n) is 10.9. The number of rotatable bonds is 0. The van der Waals surface area contributed by atoms with E-state index >= 15 is 0 Å². The van der Waals surface area contributed by atoms with Crippen molar-refractivity contribution in [2.24, 2.45) is 11.8 Å². The van der Waals surface area contributed by atoms with E-state index in [-0.39, 0.29) is 0 Å². The third-order valence-electron chi connectivity index (χ3n) is 4.70. The monoisotopic (exact) mass is 268 g/mol. The van der Waals surface area contributed by atoms with Gasteiger partial charge in [-0.25, -0.2) is 0 Å². The lowest BCUT2D eigenvalue weighted by Gasteiger charge is -2.36. The first-order valence-electron chi connectivity index (χ1n) is 7.17. The Bertz CT molecular complexity index is 608. The van der Waals surface area contributed by atoms with Crippen LogP contribution >= 0.6 is 11.6 Å². The molecule has 0 bridgehead atoms. The molecule has 0 aromatic rings. The van der Waals surface area contributed by atoms with Crippen LogP contribution < -0.4 is 0 Å². The molecule has 0 nitrogen and oxygen atoms in total. The molecule has 0 fully saturated rings. The molecule has 0 heterocycles. The summed E-state index contributed by atoms with van der Waals surface area (Å²) in [6, 6.07) is 0. The quantitative estimate of drug-likeness (QED) is 0.565. The summed E-state index contributed by atoms with van der Waals surface area (Å²) in [7, 11) is 0. The number of hydrogen-bond acceptors (Lipinski definition) is 0. The van der Waals surface area contributed by atoms with Crippen LogP contribution in [0.5, 0.6) is 0 Å². The Morgan fingerprint density at radius 1 is 0.895 bits per heavy atom. The Balaban J connectivity index is 1.84. The molecule has 96 valence electrons. The number of hydrogen-bond donors (Lipinski definition) is 0. The third-order valence-corrected chi connectivity index (χ3v) is 5.00. The lowest BCUT2D eigenvalue weighted by Crippen LogP contribution is -2.22. The van der Waals surface area contributed by atoms with Crippen LogP contribution in [0.4, 0.5) is 0 Å². The number of halogens is 1. The van der Waals surface area contributed by atoms with Gasteiger partial charge in [0.2, 0.25) is 0 Å². The van der Waals surface area contributed by atoms with Crippen molar-refractivity contribution >= 4 is 11.6 Å². The van der Waals surface area contributed by atoms with E-state index in [1.54, 1.807) is 16.7 Å². The Morgan fingerprint density at radius 3 is 2.68 bits per heavy atom. The molecule has 1 heteroatoms. The Labute approximate surface area is 119 Å². The predicted octanol–water partition coefficient (Wildman–Crippen LogP) is 5.22. The van der Waals surface area contributed by atoms with Gasteiger partial charge in [-0.3, -0.25) is 0 Å². The second kappa shape index (κ2) is 4.38. The summed E-state index contributed by atoms with van der Waals surface area (Å²) in [5.41, 5.74) is 6.25. The van der Waals surface area contributed by atoms with Gasteiger partial charge in [0.15, 0.2) is 0 Å². The zero-order valence-corrected chi connectivity index (χ0v) is 11.7. The summed E-state index contributed by atoms with van der Waals surface area (Å²) in [4.78, 5) is 0.